The molecule has 0 heterocycles. The Labute approximate surface area is 267 Å². The summed E-state index contributed by atoms with van der Waals surface area (Å²) in [5.74, 6) is -0.0186. The minimum atomic E-state index is -0.0186. The lowest BCUT2D eigenvalue weighted by atomic mass is 10.1. The molecule has 0 rings (SSSR count). The fourth-order valence-corrected chi connectivity index (χ4v) is 5.40. The summed E-state index contributed by atoms with van der Waals surface area (Å²) in [4.78, 5) is 25.0. The zero-order valence-corrected chi connectivity index (χ0v) is 28.9. The first-order chi connectivity index (χ1) is 21.2. The zero-order valence-electron chi connectivity index (χ0n) is 28.9. The summed E-state index contributed by atoms with van der Waals surface area (Å²) >= 11 is 0. The number of aliphatic hydroxyl groups is 1. The highest BCUT2D eigenvalue weighted by molar-refractivity contribution is 5.69. The molecule has 2 N–H and O–H groups in total. The molecule has 0 radical (unpaired) electrons. The average molecular weight is 615 g/mol. The van der Waals surface area contributed by atoms with Crippen molar-refractivity contribution in [2.75, 3.05) is 46.1 Å². The number of rotatable bonds is 37. The van der Waals surface area contributed by atoms with E-state index in [0.29, 0.717) is 19.6 Å². The Kier molecular flexibility index (Phi) is 36.8. The van der Waals surface area contributed by atoms with Crippen molar-refractivity contribution in [1.29, 1.82) is 0 Å². The monoisotopic (exact) mass is 615 g/mol. The second-order valence-electron chi connectivity index (χ2n) is 12.4. The Morgan fingerprint density at radius 1 is 0.512 bits per heavy atom. The maximum atomic E-state index is 11.9. The molecule has 0 unspecified atom stereocenters. The Morgan fingerprint density at radius 2 is 0.907 bits per heavy atom. The maximum Gasteiger partial charge on any atom is 0.305 e. The van der Waals surface area contributed by atoms with E-state index in [2.05, 4.69) is 24.4 Å². The standard InChI is InChI=1S/C36H74N2O5/c1-3-5-7-9-13-19-25-33-41-36(40)28-22-16-11-12-17-23-29-38(31-32-39)30-24-18-15-21-27-35-43-37-42-34-26-20-14-10-8-6-4-2/h37,39H,3-35H2,1-2H3. The highest BCUT2D eigenvalue weighted by atomic mass is 16.9. The van der Waals surface area contributed by atoms with E-state index in [1.807, 2.05) is 0 Å². The number of unbranched alkanes of at least 4 members (excludes halogenated alkanes) is 21. The molecule has 0 aromatic heterocycles. The van der Waals surface area contributed by atoms with Gasteiger partial charge in [0.1, 0.15) is 0 Å². The minimum absolute atomic E-state index is 0.0186. The lowest BCUT2D eigenvalue weighted by Gasteiger charge is -2.21. The lowest BCUT2D eigenvalue weighted by Crippen LogP contribution is -2.29. The lowest BCUT2D eigenvalue weighted by molar-refractivity contribution is -0.171. The molecule has 0 aliphatic heterocycles. The van der Waals surface area contributed by atoms with Gasteiger partial charge in [-0.15, -0.1) is 0 Å². The molecule has 0 saturated heterocycles. The number of nitrogens with zero attached hydrogens (tertiary/aromatic N) is 1. The molecule has 43 heavy (non-hydrogen) atoms. The number of nitrogens with one attached hydrogen (secondary N) is 1. The van der Waals surface area contributed by atoms with Gasteiger partial charge in [-0.2, -0.15) is 0 Å². The van der Waals surface area contributed by atoms with Gasteiger partial charge in [0.2, 0.25) is 0 Å². The van der Waals surface area contributed by atoms with Crippen molar-refractivity contribution in [1.82, 2.24) is 10.5 Å². The predicted molar refractivity (Wildman–Crippen MR) is 181 cm³/mol. The van der Waals surface area contributed by atoms with Gasteiger partial charge in [0, 0.05) is 13.0 Å². The number of esters is 1. The Hall–Kier alpha value is -0.730. The SMILES string of the molecule is CCCCCCCCCONOCCCCCCCN(CCO)CCCCCCCCC(=O)OCCCCCCCCC. The van der Waals surface area contributed by atoms with Gasteiger partial charge < -0.3 is 14.7 Å². The Bertz CT molecular complexity index is 538. The number of ether oxygens (including phenoxy) is 1. The molecule has 0 aliphatic carbocycles. The van der Waals surface area contributed by atoms with Crippen molar-refractivity contribution in [3.8, 4) is 0 Å². The minimum Gasteiger partial charge on any atom is -0.466 e. The molecule has 7 nitrogen and oxygen atoms in total. The van der Waals surface area contributed by atoms with Crippen LogP contribution >= 0.6 is 0 Å². The third-order valence-corrected chi connectivity index (χ3v) is 8.22. The predicted octanol–water partition coefficient (Wildman–Crippen LogP) is 9.46. The molecule has 0 aliphatic rings. The van der Waals surface area contributed by atoms with Crippen LogP contribution in [0.3, 0.4) is 0 Å². The fourth-order valence-electron chi connectivity index (χ4n) is 5.40. The summed E-state index contributed by atoms with van der Waals surface area (Å²) in [6, 6.07) is 0. The molecule has 258 valence electrons. The molecule has 0 fully saturated rings. The van der Waals surface area contributed by atoms with E-state index in [9.17, 15) is 9.90 Å². The summed E-state index contributed by atoms with van der Waals surface area (Å²) in [5.41, 5.74) is 2.64. The van der Waals surface area contributed by atoms with E-state index in [4.69, 9.17) is 14.4 Å². The van der Waals surface area contributed by atoms with Gasteiger partial charge in [0.15, 0.2) is 0 Å². The van der Waals surface area contributed by atoms with E-state index in [1.165, 1.54) is 128 Å². The highest BCUT2D eigenvalue weighted by Crippen LogP contribution is 2.11. The fraction of sp³-hybridized carbons (Fsp3) is 0.972. The van der Waals surface area contributed by atoms with Crippen LogP contribution < -0.4 is 5.64 Å². The molecular weight excluding hydrogens is 540 g/mol. The van der Waals surface area contributed by atoms with E-state index in [0.717, 1.165) is 58.3 Å². The van der Waals surface area contributed by atoms with E-state index < -0.39 is 0 Å². The second-order valence-corrected chi connectivity index (χ2v) is 12.4. The normalized spacial score (nSPS) is 11.5. The van der Waals surface area contributed by atoms with Crippen LogP contribution in [-0.2, 0) is 19.2 Å². The first kappa shape index (κ1) is 42.3. The van der Waals surface area contributed by atoms with E-state index in [-0.39, 0.29) is 12.6 Å². The largest absolute Gasteiger partial charge is 0.466 e. The second kappa shape index (κ2) is 37.5. The smallest absolute Gasteiger partial charge is 0.305 e. The van der Waals surface area contributed by atoms with Crippen molar-refractivity contribution >= 4 is 5.97 Å². The summed E-state index contributed by atoms with van der Waals surface area (Å²) < 4.78 is 5.38. The van der Waals surface area contributed by atoms with Crippen LogP contribution in [0.1, 0.15) is 181 Å². The molecule has 0 saturated carbocycles. The Balaban J connectivity index is 3.43. The van der Waals surface area contributed by atoms with Crippen molar-refractivity contribution in [2.45, 2.75) is 181 Å². The van der Waals surface area contributed by atoms with Crippen LogP contribution in [0.4, 0.5) is 0 Å². The van der Waals surface area contributed by atoms with Crippen LogP contribution in [0.25, 0.3) is 0 Å². The van der Waals surface area contributed by atoms with Gasteiger partial charge in [0.25, 0.3) is 0 Å². The third-order valence-electron chi connectivity index (χ3n) is 8.22. The first-order valence-corrected chi connectivity index (χ1v) is 18.7. The van der Waals surface area contributed by atoms with Gasteiger partial charge in [-0.3, -0.25) is 14.5 Å². The van der Waals surface area contributed by atoms with E-state index in [1.54, 1.807) is 0 Å². The third kappa shape index (κ3) is 35.6. The number of aliphatic hydroxyl groups excluding tert-OH is 1. The number of hydrogen-bond acceptors (Lipinski definition) is 7. The maximum absolute atomic E-state index is 11.9. The van der Waals surface area contributed by atoms with Gasteiger partial charge in [0.05, 0.1) is 26.4 Å². The van der Waals surface area contributed by atoms with Crippen LogP contribution in [-0.4, -0.2) is 62.0 Å². The van der Waals surface area contributed by atoms with Crippen molar-refractivity contribution < 1.29 is 24.3 Å². The molecule has 0 bridgehead atoms. The van der Waals surface area contributed by atoms with Gasteiger partial charge in [-0.1, -0.05) is 141 Å². The summed E-state index contributed by atoms with van der Waals surface area (Å²) in [6.07, 6.45) is 31.1. The average Bonchev–Trinajstić information content (AvgIpc) is 3.01. The van der Waals surface area contributed by atoms with Gasteiger partial charge >= 0.3 is 5.97 Å². The number of hydrogen-bond donors (Lipinski definition) is 2. The van der Waals surface area contributed by atoms with Gasteiger partial charge in [-0.25, -0.2) is 0 Å². The molecule has 0 atom stereocenters. The number of carbonyl (C=O) groups is 1. The molecule has 0 spiro atoms. The van der Waals surface area contributed by atoms with Crippen LogP contribution in [0.2, 0.25) is 0 Å². The highest BCUT2D eigenvalue weighted by Gasteiger charge is 2.05. The van der Waals surface area contributed by atoms with Crippen molar-refractivity contribution in [3.63, 3.8) is 0 Å². The zero-order chi connectivity index (χ0) is 31.3. The quantitative estimate of drug-likeness (QED) is 0.0410. The molecule has 0 aromatic rings. The van der Waals surface area contributed by atoms with E-state index >= 15 is 0 Å². The summed E-state index contributed by atoms with van der Waals surface area (Å²) in [5, 5.41) is 9.44. The summed E-state index contributed by atoms with van der Waals surface area (Å²) in [6.45, 7) is 9.66. The molecule has 0 aromatic carbocycles. The molecular formula is C36H74N2O5. The van der Waals surface area contributed by atoms with Gasteiger partial charge in [-0.05, 0) is 51.6 Å². The number of carbonyl (C=O) groups excluding carboxylic acids is 1. The summed E-state index contributed by atoms with van der Waals surface area (Å²) in [7, 11) is 0. The molecule has 0 amide bonds. The van der Waals surface area contributed by atoms with Crippen LogP contribution in [0.5, 0.6) is 0 Å². The van der Waals surface area contributed by atoms with Crippen molar-refractivity contribution in [2.24, 2.45) is 0 Å². The van der Waals surface area contributed by atoms with Crippen LogP contribution in [0.15, 0.2) is 0 Å². The topological polar surface area (TPSA) is 80.3 Å². The molecule has 7 heteroatoms. The Morgan fingerprint density at radius 3 is 1.37 bits per heavy atom. The van der Waals surface area contributed by atoms with Crippen molar-refractivity contribution in [3.05, 3.63) is 0 Å². The van der Waals surface area contributed by atoms with Crippen LogP contribution in [0, 0.1) is 0 Å². The first-order valence-electron chi connectivity index (χ1n) is 18.7.